The lowest BCUT2D eigenvalue weighted by Crippen LogP contribution is -2.62. The molecule has 28 heavy (non-hydrogen) atoms. The van der Waals surface area contributed by atoms with Gasteiger partial charge in [-0.25, -0.2) is 9.97 Å². The Bertz CT molecular complexity index is 1050. The summed E-state index contributed by atoms with van der Waals surface area (Å²) in [4.78, 5) is 27.8. The summed E-state index contributed by atoms with van der Waals surface area (Å²) >= 11 is 0. The molecule has 3 aromatic rings. The molecule has 0 atom stereocenters. The average Bonchev–Trinajstić information content (AvgIpc) is 2.71. The molecule has 0 bridgehead atoms. The Hall–Kier alpha value is -3.28. The number of ether oxygens (including phenoxy) is 1. The van der Waals surface area contributed by atoms with E-state index in [1.165, 1.54) is 5.56 Å². The van der Waals surface area contributed by atoms with Crippen LogP contribution in [0.1, 0.15) is 21.6 Å². The monoisotopic (exact) mass is 372 g/mol. The zero-order valence-electron chi connectivity index (χ0n) is 15.6. The minimum atomic E-state index is -0.0141. The first-order chi connectivity index (χ1) is 13.6. The van der Waals surface area contributed by atoms with Crippen LogP contribution in [0.5, 0.6) is 5.75 Å². The van der Waals surface area contributed by atoms with E-state index >= 15 is 0 Å². The van der Waals surface area contributed by atoms with Crippen LogP contribution < -0.4 is 4.74 Å². The minimum absolute atomic E-state index is 0.0141. The number of carbonyl (C=O) groups is 1. The van der Waals surface area contributed by atoms with E-state index in [1.807, 2.05) is 42.2 Å². The van der Waals surface area contributed by atoms with Crippen LogP contribution in [0.25, 0.3) is 11.4 Å². The number of likely N-dealkylation sites (tertiary alicyclic amines) is 1. The average molecular weight is 372 g/mol. The van der Waals surface area contributed by atoms with Gasteiger partial charge in [0.05, 0.1) is 17.9 Å². The van der Waals surface area contributed by atoms with Crippen molar-refractivity contribution >= 4 is 5.91 Å². The summed E-state index contributed by atoms with van der Waals surface area (Å²) in [7, 11) is 0. The normalized spacial score (nSPS) is 16.8. The number of carbonyl (C=O) groups excluding carboxylic acids is 1. The maximum atomic E-state index is 13.0. The second kappa shape index (κ2) is 6.41. The maximum absolute atomic E-state index is 13.0. The lowest BCUT2D eigenvalue weighted by molar-refractivity contribution is -0.0291. The van der Waals surface area contributed by atoms with Crippen LogP contribution in [0.3, 0.4) is 0 Å². The molecule has 1 fully saturated rings. The van der Waals surface area contributed by atoms with Gasteiger partial charge < -0.3 is 9.64 Å². The Balaban J connectivity index is 1.31. The topological polar surface area (TPSA) is 68.2 Å². The van der Waals surface area contributed by atoms with Gasteiger partial charge in [-0.3, -0.25) is 9.78 Å². The maximum Gasteiger partial charge on any atom is 0.257 e. The fourth-order valence-corrected chi connectivity index (χ4v) is 4.07. The lowest BCUT2D eigenvalue weighted by atomic mass is 9.73. The van der Waals surface area contributed by atoms with Crippen LogP contribution in [0.15, 0.2) is 55.0 Å². The Morgan fingerprint density at radius 1 is 1.14 bits per heavy atom. The molecule has 1 amide bonds. The molecule has 0 radical (unpaired) electrons. The van der Waals surface area contributed by atoms with E-state index in [0.717, 1.165) is 17.7 Å². The van der Waals surface area contributed by atoms with Crippen molar-refractivity contribution in [2.24, 2.45) is 5.41 Å². The van der Waals surface area contributed by atoms with E-state index in [-0.39, 0.29) is 11.3 Å². The summed E-state index contributed by atoms with van der Waals surface area (Å²) in [5.41, 5.74) is 3.32. The Morgan fingerprint density at radius 3 is 2.79 bits per heavy atom. The van der Waals surface area contributed by atoms with Gasteiger partial charge in [-0.2, -0.15) is 0 Å². The molecule has 0 N–H and O–H groups in total. The molecule has 140 valence electrons. The zero-order chi connectivity index (χ0) is 19.1. The number of para-hydroxylation sites is 1. The van der Waals surface area contributed by atoms with Crippen molar-refractivity contribution in [2.45, 2.75) is 13.3 Å². The van der Waals surface area contributed by atoms with Gasteiger partial charge in [0, 0.05) is 42.7 Å². The van der Waals surface area contributed by atoms with Gasteiger partial charge in [0.2, 0.25) is 0 Å². The summed E-state index contributed by atoms with van der Waals surface area (Å²) < 4.78 is 5.93. The smallest absolute Gasteiger partial charge is 0.257 e. The second-order valence-electron chi connectivity index (χ2n) is 7.67. The molecule has 1 aromatic carbocycles. The van der Waals surface area contributed by atoms with Gasteiger partial charge in [0.1, 0.15) is 5.75 Å². The van der Waals surface area contributed by atoms with Crippen molar-refractivity contribution in [3.8, 4) is 17.1 Å². The van der Waals surface area contributed by atoms with Gasteiger partial charge in [0.25, 0.3) is 5.91 Å². The third-order valence-corrected chi connectivity index (χ3v) is 5.54. The zero-order valence-corrected chi connectivity index (χ0v) is 15.6. The predicted molar refractivity (Wildman–Crippen MR) is 104 cm³/mol. The molecule has 0 unspecified atom stereocenters. The highest BCUT2D eigenvalue weighted by molar-refractivity contribution is 5.95. The fourth-order valence-electron chi connectivity index (χ4n) is 4.07. The number of hydrogen-bond acceptors (Lipinski definition) is 5. The molecule has 1 saturated heterocycles. The number of rotatable bonds is 2. The predicted octanol–water partition coefficient (Wildman–Crippen LogP) is 2.92. The SMILES string of the molecule is Cc1nc(-c2cccnc2)ncc1C(=O)N1CC2(COc3ccccc3C2)C1. The summed E-state index contributed by atoms with van der Waals surface area (Å²) in [6.07, 6.45) is 6.00. The number of benzene rings is 1. The Morgan fingerprint density at radius 2 is 2.00 bits per heavy atom. The molecule has 1 spiro atoms. The number of fused-ring (bicyclic) bond motifs is 1. The van der Waals surface area contributed by atoms with Crippen molar-refractivity contribution in [1.82, 2.24) is 19.9 Å². The van der Waals surface area contributed by atoms with E-state index in [9.17, 15) is 4.79 Å². The number of aromatic nitrogens is 3. The third-order valence-electron chi connectivity index (χ3n) is 5.54. The highest BCUT2D eigenvalue weighted by atomic mass is 16.5. The van der Waals surface area contributed by atoms with E-state index in [2.05, 4.69) is 21.0 Å². The van der Waals surface area contributed by atoms with E-state index in [4.69, 9.17) is 4.74 Å². The number of aryl methyl sites for hydroxylation is 1. The molecular formula is C22H20N4O2. The van der Waals surface area contributed by atoms with E-state index in [1.54, 1.807) is 18.6 Å². The van der Waals surface area contributed by atoms with Crippen LogP contribution in [0.4, 0.5) is 0 Å². The first-order valence-electron chi connectivity index (χ1n) is 9.38. The minimum Gasteiger partial charge on any atom is -0.493 e. The van der Waals surface area contributed by atoms with Crippen LogP contribution in [0.2, 0.25) is 0 Å². The quantitative estimate of drug-likeness (QED) is 0.692. The van der Waals surface area contributed by atoms with E-state index in [0.29, 0.717) is 36.8 Å². The van der Waals surface area contributed by atoms with Gasteiger partial charge in [-0.1, -0.05) is 18.2 Å². The third kappa shape index (κ3) is 2.81. The molecule has 6 heteroatoms. The second-order valence-corrected chi connectivity index (χ2v) is 7.67. The molecule has 2 aliphatic heterocycles. The summed E-state index contributed by atoms with van der Waals surface area (Å²) in [5.74, 6) is 1.53. The van der Waals surface area contributed by atoms with Crippen LogP contribution >= 0.6 is 0 Å². The number of amides is 1. The van der Waals surface area contributed by atoms with Crippen LogP contribution in [0, 0.1) is 12.3 Å². The van der Waals surface area contributed by atoms with Gasteiger partial charge >= 0.3 is 0 Å². The summed E-state index contributed by atoms with van der Waals surface area (Å²) in [6, 6.07) is 11.9. The highest BCUT2D eigenvalue weighted by Gasteiger charge is 2.48. The molecular weight excluding hydrogens is 352 g/mol. The van der Waals surface area contributed by atoms with Gasteiger partial charge in [-0.05, 0) is 37.1 Å². The first kappa shape index (κ1) is 16.9. The lowest BCUT2D eigenvalue weighted by Gasteiger charge is -2.51. The molecule has 5 rings (SSSR count). The summed E-state index contributed by atoms with van der Waals surface area (Å²) in [5, 5.41) is 0. The highest BCUT2D eigenvalue weighted by Crippen LogP contribution is 2.41. The molecule has 6 nitrogen and oxygen atoms in total. The molecule has 2 aliphatic rings. The number of hydrogen-bond donors (Lipinski definition) is 0. The van der Waals surface area contributed by atoms with Gasteiger partial charge in [-0.15, -0.1) is 0 Å². The van der Waals surface area contributed by atoms with Crippen LogP contribution in [-0.2, 0) is 6.42 Å². The molecule has 4 heterocycles. The van der Waals surface area contributed by atoms with Crippen molar-refractivity contribution in [3.63, 3.8) is 0 Å². The van der Waals surface area contributed by atoms with Crippen LogP contribution in [-0.4, -0.2) is 45.5 Å². The first-order valence-corrected chi connectivity index (χ1v) is 9.38. The number of nitrogens with zero attached hydrogens (tertiary/aromatic N) is 4. The summed E-state index contributed by atoms with van der Waals surface area (Å²) in [6.45, 7) is 3.90. The van der Waals surface area contributed by atoms with Crippen molar-refractivity contribution in [3.05, 3.63) is 71.8 Å². The fraction of sp³-hybridized carbons (Fsp3) is 0.273. The number of pyridine rings is 1. The standard InChI is InChI=1S/C22H20N4O2/c1-15-18(11-24-20(25-15)17-6-4-8-23-10-17)21(27)26-12-22(13-26)9-16-5-2-3-7-19(16)28-14-22/h2-8,10-11H,9,12-14H2,1H3. The van der Waals surface area contributed by atoms with Crippen molar-refractivity contribution < 1.29 is 9.53 Å². The Kier molecular flexibility index (Phi) is 3.86. The molecule has 2 aromatic heterocycles. The molecule has 0 aliphatic carbocycles. The largest absolute Gasteiger partial charge is 0.493 e. The molecule has 0 saturated carbocycles. The Labute approximate surface area is 163 Å². The van der Waals surface area contributed by atoms with Gasteiger partial charge in [0.15, 0.2) is 5.82 Å². The van der Waals surface area contributed by atoms with E-state index < -0.39 is 0 Å². The van der Waals surface area contributed by atoms with Crippen molar-refractivity contribution in [2.75, 3.05) is 19.7 Å². The van der Waals surface area contributed by atoms with Crippen molar-refractivity contribution in [1.29, 1.82) is 0 Å².